The highest BCUT2D eigenvalue weighted by molar-refractivity contribution is 5.85. The van der Waals surface area contributed by atoms with E-state index in [1.54, 1.807) is 26.2 Å². The number of hydrogen-bond donors (Lipinski definition) is 1. The molecule has 1 amide bonds. The first kappa shape index (κ1) is 14.5. The zero-order valence-corrected chi connectivity index (χ0v) is 11.9. The molecule has 1 N–H and O–H groups in total. The highest BCUT2D eigenvalue weighted by Crippen LogP contribution is 2.20. The molecule has 1 aromatic carbocycles. The van der Waals surface area contributed by atoms with Gasteiger partial charge < -0.3 is 10.2 Å². The summed E-state index contributed by atoms with van der Waals surface area (Å²) in [5, 5.41) is 11.9. The van der Waals surface area contributed by atoms with Crippen LogP contribution < -0.4 is 5.32 Å². The van der Waals surface area contributed by atoms with Crippen LogP contribution >= 0.6 is 0 Å². The van der Waals surface area contributed by atoms with Gasteiger partial charge in [0.1, 0.15) is 17.9 Å². The van der Waals surface area contributed by atoms with Gasteiger partial charge >= 0.3 is 0 Å². The van der Waals surface area contributed by atoms with Crippen LogP contribution in [0.5, 0.6) is 0 Å². The van der Waals surface area contributed by atoms with Crippen molar-refractivity contribution < 1.29 is 4.79 Å². The van der Waals surface area contributed by atoms with E-state index in [4.69, 9.17) is 5.26 Å². The Bertz CT molecular complexity index is 644. The van der Waals surface area contributed by atoms with Gasteiger partial charge in [0.15, 0.2) is 0 Å². The van der Waals surface area contributed by atoms with Crippen molar-refractivity contribution >= 4 is 11.7 Å². The summed E-state index contributed by atoms with van der Waals surface area (Å²) in [6, 6.07) is 14.3. The molecule has 0 saturated heterocycles. The highest BCUT2D eigenvalue weighted by Gasteiger charge is 2.22. The van der Waals surface area contributed by atoms with Gasteiger partial charge in [-0.1, -0.05) is 30.3 Å². The minimum Gasteiger partial charge on any atom is -0.355 e. The third kappa shape index (κ3) is 3.57. The summed E-state index contributed by atoms with van der Waals surface area (Å²) in [4.78, 5) is 18.0. The van der Waals surface area contributed by atoms with E-state index in [0.29, 0.717) is 11.4 Å². The number of pyridine rings is 1. The SMILES string of the molecule is CN(C)C(=O)[C@H](Nc1ccc(C#N)cn1)c1ccccc1. The van der Waals surface area contributed by atoms with Gasteiger partial charge in [0.25, 0.3) is 0 Å². The second-order valence-corrected chi connectivity index (χ2v) is 4.76. The third-order valence-corrected chi connectivity index (χ3v) is 3.01. The van der Waals surface area contributed by atoms with E-state index in [1.807, 2.05) is 36.4 Å². The molecular weight excluding hydrogens is 264 g/mol. The number of likely N-dealkylation sites (N-methyl/N-ethyl adjacent to an activating group) is 1. The molecule has 0 aliphatic heterocycles. The van der Waals surface area contributed by atoms with Crippen molar-refractivity contribution in [3.8, 4) is 6.07 Å². The maximum absolute atomic E-state index is 12.4. The Labute approximate surface area is 123 Å². The minimum absolute atomic E-state index is 0.0626. The minimum atomic E-state index is -0.512. The van der Waals surface area contributed by atoms with Crippen molar-refractivity contribution in [3.63, 3.8) is 0 Å². The standard InChI is InChI=1S/C16H16N4O/c1-20(2)16(21)15(13-6-4-3-5-7-13)19-14-9-8-12(10-17)11-18-14/h3-9,11,15H,1-2H3,(H,18,19)/t15-/m1/s1. The lowest BCUT2D eigenvalue weighted by atomic mass is 10.1. The van der Waals surface area contributed by atoms with Gasteiger partial charge in [-0.2, -0.15) is 5.26 Å². The van der Waals surface area contributed by atoms with E-state index >= 15 is 0 Å². The molecule has 0 fully saturated rings. The summed E-state index contributed by atoms with van der Waals surface area (Å²) in [5.41, 5.74) is 1.35. The zero-order valence-electron chi connectivity index (χ0n) is 11.9. The molecule has 106 valence electrons. The average Bonchev–Trinajstić information content (AvgIpc) is 2.53. The summed E-state index contributed by atoms with van der Waals surface area (Å²) >= 11 is 0. The molecule has 0 bridgehead atoms. The van der Waals surface area contributed by atoms with Gasteiger partial charge in [-0.25, -0.2) is 4.98 Å². The van der Waals surface area contributed by atoms with Crippen LogP contribution in [0.1, 0.15) is 17.2 Å². The van der Waals surface area contributed by atoms with Crippen LogP contribution in [0.2, 0.25) is 0 Å². The first-order chi connectivity index (χ1) is 10.1. The Morgan fingerprint density at radius 1 is 1.24 bits per heavy atom. The van der Waals surface area contributed by atoms with Gasteiger partial charge in [-0.15, -0.1) is 0 Å². The van der Waals surface area contributed by atoms with Crippen LogP contribution in [0.15, 0.2) is 48.7 Å². The Kier molecular flexibility index (Phi) is 4.52. The van der Waals surface area contributed by atoms with Crippen molar-refractivity contribution in [3.05, 3.63) is 59.8 Å². The second-order valence-electron chi connectivity index (χ2n) is 4.76. The number of aromatic nitrogens is 1. The summed E-state index contributed by atoms with van der Waals surface area (Å²) < 4.78 is 0. The van der Waals surface area contributed by atoms with Crippen molar-refractivity contribution in [2.45, 2.75) is 6.04 Å². The van der Waals surface area contributed by atoms with E-state index in [0.717, 1.165) is 5.56 Å². The van der Waals surface area contributed by atoms with Gasteiger partial charge in [0, 0.05) is 20.3 Å². The second kappa shape index (κ2) is 6.53. The lowest BCUT2D eigenvalue weighted by molar-refractivity contribution is -0.129. The van der Waals surface area contributed by atoms with E-state index in [1.165, 1.54) is 11.1 Å². The molecule has 0 radical (unpaired) electrons. The Hall–Kier alpha value is -2.87. The lowest BCUT2D eigenvalue weighted by Gasteiger charge is -2.22. The molecule has 1 heterocycles. The highest BCUT2D eigenvalue weighted by atomic mass is 16.2. The predicted molar refractivity (Wildman–Crippen MR) is 80.5 cm³/mol. The van der Waals surface area contributed by atoms with Gasteiger partial charge in [-0.3, -0.25) is 4.79 Å². The number of nitrogens with zero attached hydrogens (tertiary/aromatic N) is 3. The van der Waals surface area contributed by atoms with Crippen LogP contribution in [0.3, 0.4) is 0 Å². The molecule has 0 saturated carbocycles. The fraction of sp³-hybridized carbons (Fsp3) is 0.188. The fourth-order valence-corrected chi connectivity index (χ4v) is 1.88. The van der Waals surface area contributed by atoms with Crippen molar-refractivity contribution in [1.29, 1.82) is 5.26 Å². The molecule has 0 unspecified atom stereocenters. The number of nitriles is 1. The molecule has 21 heavy (non-hydrogen) atoms. The van der Waals surface area contributed by atoms with Crippen LogP contribution in [0.25, 0.3) is 0 Å². The normalized spacial score (nSPS) is 11.3. The fourth-order valence-electron chi connectivity index (χ4n) is 1.88. The first-order valence-corrected chi connectivity index (χ1v) is 6.50. The van der Waals surface area contributed by atoms with Crippen molar-refractivity contribution in [2.75, 3.05) is 19.4 Å². The molecule has 2 aromatic rings. The number of anilines is 1. The van der Waals surface area contributed by atoms with E-state index < -0.39 is 6.04 Å². The molecule has 2 rings (SSSR count). The van der Waals surface area contributed by atoms with Crippen LogP contribution in [-0.4, -0.2) is 29.9 Å². The molecule has 0 aliphatic carbocycles. The first-order valence-electron chi connectivity index (χ1n) is 6.50. The van der Waals surface area contributed by atoms with Gasteiger partial charge in [-0.05, 0) is 17.7 Å². The van der Waals surface area contributed by atoms with Crippen LogP contribution in [0.4, 0.5) is 5.82 Å². The Morgan fingerprint density at radius 2 is 1.95 bits per heavy atom. The molecule has 1 aromatic heterocycles. The molecule has 5 heteroatoms. The number of carbonyl (C=O) groups excluding carboxylic acids is 1. The topological polar surface area (TPSA) is 69.0 Å². The summed E-state index contributed by atoms with van der Waals surface area (Å²) in [5.74, 6) is 0.491. The molecule has 0 spiro atoms. The van der Waals surface area contributed by atoms with Gasteiger partial charge in [0.2, 0.25) is 5.91 Å². The smallest absolute Gasteiger partial charge is 0.249 e. The number of hydrogen-bond acceptors (Lipinski definition) is 4. The third-order valence-electron chi connectivity index (χ3n) is 3.01. The van der Waals surface area contributed by atoms with E-state index in [9.17, 15) is 4.79 Å². The van der Waals surface area contributed by atoms with Crippen LogP contribution in [0, 0.1) is 11.3 Å². The van der Waals surface area contributed by atoms with Crippen molar-refractivity contribution in [1.82, 2.24) is 9.88 Å². The summed E-state index contributed by atoms with van der Waals surface area (Å²) in [7, 11) is 3.43. The zero-order chi connectivity index (χ0) is 15.2. The number of nitrogens with one attached hydrogen (secondary N) is 1. The number of benzene rings is 1. The molecule has 5 nitrogen and oxygen atoms in total. The van der Waals surface area contributed by atoms with E-state index in [2.05, 4.69) is 10.3 Å². The molecule has 0 aliphatic rings. The summed E-state index contributed by atoms with van der Waals surface area (Å²) in [6.07, 6.45) is 1.48. The number of rotatable bonds is 4. The van der Waals surface area contributed by atoms with Gasteiger partial charge in [0.05, 0.1) is 5.56 Å². The van der Waals surface area contributed by atoms with Crippen molar-refractivity contribution in [2.24, 2.45) is 0 Å². The predicted octanol–water partition coefficient (Wildman–Crippen LogP) is 2.19. The molecule has 1 atom stereocenters. The Balaban J connectivity index is 2.28. The maximum Gasteiger partial charge on any atom is 0.249 e. The monoisotopic (exact) mass is 280 g/mol. The maximum atomic E-state index is 12.4. The van der Waals surface area contributed by atoms with Crippen LogP contribution in [-0.2, 0) is 4.79 Å². The number of carbonyl (C=O) groups is 1. The molecular formula is C16H16N4O. The largest absolute Gasteiger partial charge is 0.355 e. The average molecular weight is 280 g/mol. The lowest BCUT2D eigenvalue weighted by Crippen LogP contribution is -2.32. The quantitative estimate of drug-likeness (QED) is 0.932. The number of amides is 1. The van der Waals surface area contributed by atoms with E-state index in [-0.39, 0.29) is 5.91 Å². The summed E-state index contributed by atoms with van der Waals surface area (Å²) in [6.45, 7) is 0. The Morgan fingerprint density at radius 3 is 2.48 bits per heavy atom.